The van der Waals surface area contributed by atoms with E-state index < -0.39 is 16.1 Å². The van der Waals surface area contributed by atoms with E-state index in [-0.39, 0.29) is 22.4 Å². The van der Waals surface area contributed by atoms with Gasteiger partial charge in [-0.15, -0.1) is 11.8 Å². The third kappa shape index (κ3) is 3.02. The molecule has 1 aliphatic rings. The number of non-ortho nitro benzene ring substituents is 1. The van der Waals surface area contributed by atoms with Crippen molar-refractivity contribution < 1.29 is 14.1 Å². The zero-order valence-electron chi connectivity index (χ0n) is 11.6. The molecule has 2 aromatic rings. The van der Waals surface area contributed by atoms with Crippen LogP contribution in [-0.4, -0.2) is 16.6 Å². The Morgan fingerprint density at radius 1 is 1.30 bits per heavy atom. The van der Waals surface area contributed by atoms with Crippen molar-refractivity contribution in [3.63, 3.8) is 0 Å². The first-order chi connectivity index (χ1) is 11.0. The van der Waals surface area contributed by atoms with Gasteiger partial charge in [-0.2, -0.15) is 0 Å². The summed E-state index contributed by atoms with van der Waals surface area (Å²) in [5.41, 5.74) is 0.961. The first-order valence-corrected chi connectivity index (χ1v) is 8.03. The van der Waals surface area contributed by atoms with Crippen molar-refractivity contribution in [1.82, 2.24) is 0 Å². The first kappa shape index (κ1) is 15.8. The van der Waals surface area contributed by atoms with Gasteiger partial charge in [0, 0.05) is 12.1 Å². The van der Waals surface area contributed by atoms with Gasteiger partial charge in [0.1, 0.15) is 11.2 Å². The van der Waals surface area contributed by atoms with E-state index in [2.05, 4.69) is 0 Å². The van der Waals surface area contributed by atoms with Gasteiger partial charge >= 0.3 is 0 Å². The summed E-state index contributed by atoms with van der Waals surface area (Å²) in [6, 6.07) is 9.90. The number of halogens is 2. The molecule has 1 fully saturated rings. The molecular weight excluding hydrogens is 343 g/mol. The predicted molar refractivity (Wildman–Crippen MR) is 87.2 cm³/mol. The molecule has 3 rings (SSSR count). The predicted octanol–water partition coefficient (Wildman–Crippen LogP) is 4.17. The van der Waals surface area contributed by atoms with E-state index in [9.17, 15) is 19.3 Å². The topological polar surface area (TPSA) is 63.4 Å². The quantitative estimate of drug-likeness (QED) is 0.614. The van der Waals surface area contributed by atoms with Crippen molar-refractivity contribution in [3.8, 4) is 0 Å². The molecule has 1 amide bonds. The van der Waals surface area contributed by atoms with Gasteiger partial charge in [0.2, 0.25) is 5.91 Å². The Morgan fingerprint density at radius 3 is 2.78 bits per heavy atom. The number of nitro benzene ring substituents is 1. The van der Waals surface area contributed by atoms with Crippen LogP contribution in [0.2, 0.25) is 5.02 Å². The zero-order valence-corrected chi connectivity index (χ0v) is 13.2. The highest BCUT2D eigenvalue weighted by Gasteiger charge is 2.35. The van der Waals surface area contributed by atoms with E-state index in [1.54, 1.807) is 12.1 Å². The molecule has 0 aliphatic carbocycles. The van der Waals surface area contributed by atoms with Crippen LogP contribution in [0.5, 0.6) is 0 Å². The number of nitro groups is 1. The highest BCUT2D eigenvalue weighted by molar-refractivity contribution is 8.00. The highest BCUT2D eigenvalue weighted by Crippen LogP contribution is 2.44. The van der Waals surface area contributed by atoms with Crippen molar-refractivity contribution in [1.29, 1.82) is 0 Å². The normalized spacial score (nSPS) is 17.6. The van der Waals surface area contributed by atoms with Crippen LogP contribution in [0, 0.1) is 15.9 Å². The van der Waals surface area contributed by atoms with Gasteiger partial charge in [-0.3, -0.25) is 19.8 Å². The van der Waals surface area contributed by atoms with Crippen LogP contribution in [0.25, 0.3) is 0 Å². The fraction of sp³-hybridized carbons (Fsp3) is 0.133. The molecule has 1 aliphatic heterocycles. The minimum atomic E-state index is -0.495. The third-order valence-corrected chi connectivity index (χ3v) is 4.92. The van der Waals surface area contributed by atoms with Gasteiger partial charge < -0.3 is 0 Å². The first-order valence-electron chi connectivity index (χ1n) is 6.60. The van der Waals surface area contributed by atoms with Crippen LogP contribution in [0.4, 0.5) is 15.8 Å². The second kappa shape index (κ2) is 6.17. The Bertz CT molecular complexity index is 802. The number of hydrogen-bond donors (Lipinski definition) is 0. The molecule has 1 saturated heterocycles. The van der Waals surface area contributed by atoms with E-state index in [0.29, 0.717) is 11.3 Å². The number of carbonyl (C=O) groups excluding carboxylic acids is 1. The van der Waals surface area contributed by atoms with Crippen LogP contribution in [0.3, 0.4) is 0 Å². The molecule has 0 spiro atoms. The second-order valence-electron chi connectivity index (χ2n) is 4.87. The summed E-state index contributed by atoms with van der Waals surface area (Å²) in [6.07, 6.45) is 0. The minimum absolute atomic E-state index is 0.0485. The van der Waals surface area contributed by atoms with Crippen molar-refractivity contribution >= 4 is 40.6 Å². The van der Waals surface area contributed by atoms with Crippen molar-refractivity contribution in [3.05, 3.63) is 69.0 Å². The molecule has 118 valence electrons. The number of benzene rings is 2. The van der Waals surface area contributed by atoms with Crippen molar-refractivity contribution in [2.24, 2.45) is 0 Å². The number of thioether (sulfide) groups is 1. The molecule has 0 aromatic heterocycles. The van der Waals surface area contributed by atoms with Gasteiger partial charge in [-0.1, -0.05) is 23.7 Å². The summed E-state index contributed by atoms with van der Waals surface area (Å²) >= 11 is 7.40. The van der Waals surface area contributed by atoms with Crippen molar-refractivity contribution in [2.75, 3.05) is 10.7 Å². The van der Waals surface area contributed by atoms with E-state index in [1.165, 1.54) is 40.9 Å². The fourth-order valence-electron chi connectivity index (χ4n) is 2.40. The van der Waals surface area contributed by atoms with Crippen molar-refractivity contribution in [2.45, 2.75) is 5.37 Å². The number of rotatable bonds is 3. The largest absolute Gasteiger partial charge is 0.294 e. The number of anilines is 1. The summed E-state index contributed by atoms with van der Waals surface area (Å²) in [5, 5.41) is 10.6. The molecule has 23 heavy (non-hydrogen) atoms. The van der Waals surface area contributed by atoms with Crippen LogP contribution in [0.1, 0.15) is 10.9 Å². The average molecular weight is 353 g/mol. The Morgan fingerprint density at radius 2 is 2.09 bits per heavy atom. The zero-order chi connectivity index (χ0) is 16.6. The lowest BCUT2D eigenvalue weighted by atomic mass is 10.1. The number of amides is 1. The van der Waals surface area contributed by atoms with Crippen LogP contribution >= 0.6 is 23.4 Å². The molecule has 0 bridgehead atoms. The SMILES string of the molecule is O=C1CSC(c2cccc([N+](=O)[O-])c2)N1c1ccc(F)cc1Cl. The second-order valence-corrected chi connectivity index (χ2v) is 6.35. The molecule has 1 unspecified atom stereocenters. The summed E-state index contributed by atoms with van der Waals surface area (Å²) in [6.45, 7) is 0. The lowest BCUT2D eigenvalue weighted by molar-refractivity contribution is -0.384. The fourth-order valence-corrected chi connectivity index (χ4v) is 3.82. The Labute approximate surface area is 140 Å². The molecule has 1 heterocycles. The number of carbonyl (C=O) groups is 1. The molecule has 2 aromatic carbocycles. The molecule has 0 radical (unpaired) electrons. The molecule has 1 atom stereocenters. The maximum Gasteiger partial charge on any atom is 0.269 e. The summed E-state index contributed by atoms with van der Waals surface area (Å²) in [5.74, 6) is -0.453. The van der Waals surface area contributed by atoms with Crippen LogP contribution < -0.4 is 4.90 Å². The maximum atomic E-state index is 13.2. The van der Waals surface area contributed by atoms with Crippen LogP contribution in [-0.2, 0) is 4.79 Å². The molecule has 5 nitrogen and oxygen atoms in total. The van der Waals surface area contributed by atoms with E-state index >= 15 is 0 Å². The van der Waals surface area contributed by atoms with Gasteiger partial charge in [0.15, 0.2) is 0 Å². The standard InChI is InChI=1S/C15H10ClFN2O3S/c16-12-7-10(17)4-5-13(12)18-14(20)8-23-15(18)9-2-1-3-11(6-9)19(21)22/h1-7,15H,8H2. The molecule has 8 heteroatoms. The minimum Gasteiger partial charge on any atom is -0.294 e. The summed E-state index contributed by atoms with van der Waals surface area (Å²) in [7, 11) is 0. The van der Waals surface area contributed by atoms with E-state index in [1.807, 2.05) is 0 Å². The lowest BCUT2D eigenvalue weighted by Crippen LogP contribution is -2.28. The van der Waals surface area contributed by atoms with E-state index in [4.69, 9.17) is 11.6 Å². The highest BCUT2D eigenvalue weighted by atomic mass is 35.5. The maximum absolute atomic E-state index is 13.2. The van der Waals surface area contributed by atoms with Gasteiger partial charge in [-0.25, -0.2) is 4.39 Å². The van der Waals surface area contributed by atoms with E-state index in [0.717, 1.165) is 6.07 Å². The molecular formula is C15H10ClFN2O3S. The Kier molecular flexibility index (Phi) is 4.23. The van der Waals surface area contributed by atoms with Crippen LogP contribution in [0.15, 0.2) is 42.5 Å². The number of hydrogen-bond acceptors (Lipinski definition) is 4. The Hall–Kier alpha value is -2.12. The van der Waals surface area contributed by atoms with Gasteiger partial charge in [0.25, 0.3) is 5.69 Å². The van der Waals surface area contributed by atoms with Gasteiger partial charge in [-0.05, 0) is 23.8 Å². The summed E-state index contributed by atoms with van der Waals surface area (Å²) in [4.78, 5) is 24.1. The van der Waals surface area contributed by atoms with Gasteiger partial charge in [0.05, 0.1) is 21.4 Å². The monoisotopic (exact) mass is 352 g/mol. The Balaban J connectivity index is 2.03. The third-order valence-electron chi connectivity index (χ3n) is 3.40. The lowest BCUT2D eigenvalue weighted by Gasteiger charge is -2.25. The molecule has 0 N–H and O–H groups in total. The molecule has 0 saturated carbocycles. The number of nitrogens with zero attached hydrogens (tertiary/aromatic N) is 2. The average Bonchev–Trinajstić information content (AvgIpc) is 2.89. The smallest absolute Gasteiger partial charge is 0.269 e. The summed E-state index contributed by atoms with van der Waals surface area (Å²) < 4.78 is 13.2.